The number of piperidine rings is 1. The quantitative estimate of drug-likeness (QED) is 0.792. The third-order valence-electron chi connectivity index (χ3n) is 4.22. The molecule has 0 N–H and O–H groups in total. The van der Waals surface area contributed by atoms with Gasteiger partial charge in [-0.3, -0.25) is 0 Å². The van der Waals surface area contributed by atoms with Crippen LogP contribution in [-0.2, 0) is 10.0 Å². The van der Waals surface area contributed by atoms with Crippen LogP contribution in [0.5, 0.6) is 0 Å². The Labute approximate surface area is 112 Å². The lowest BCUT2D eigenvalue weighted by atomic mass is 9.81. The SMILES string of the molecule is CC(C)(C)CC1CCCN(S(=O)(=O)C2CCC2)C1. The lowest BCUT2D eigenvalue weighted by molar-refractivity contribution is 0.198. The highest BCUT2D eigenvalue weighted by atomic mass is 32.2. The summed E-state index contributed by atoms with van der Waals surface area (Å²) in [6.45, 7) is 8.24. The lowest BCUT2D eigenvalue weighted by Gasteiger charge is -2.38. The van der Waals surface area contributed by atoms with Crippen LogP contribution in [0.1, 0.15) is 59.3 Å². The van der Waals surface area contributed by atoms with Crippen molar-refractivity contribution in [1.29, 1.82) is 0 Å². The fourth-order valence-corrected chi connectivity index (χ4v) is 5.32. The van der Waals surface area contributed by atoms with Gasteiger partial charge in [0.15, 0.2) is 0 Å². The molecule has 0 aromatic heterocycles. The van der Waals surface area contributed by atoms with Crippen LogP contribution in [0.3, 0.4) is 0 Å². The van der Waals surface area contributed by atoms with Gasteiger partial charge in [0.2, 0.25) is 10.0 Å². The normalized spacial score (nSPS) is 28.1. The van der Waals surface area contributed by atoms with Gasteiger partial charge in [-0.15, -0.1) is 0 Å². The van der Waals surface area contributed by atoms with E-state index in [1.165, 1.54) is 6.42 Å². The molecule has 3 nitrogen and oxygen atoms in total. The highest BCUT2D eigenvalue weighted by molar-refractivity contribution is 7.89. The van der Waals surface area contributed by atoms with E-state index in [4.69, 9.17) is 0 Å². The lowest BCUT2D eigenvalue weighted by Crippen LogP contribution is -2.47. The van der Waals surface area contributed by atoms with Crippen molar-refractivity contribution in [2.75, 3.05) is 13.1 Å². The van der Waals surface area contributed by atoms with E-state index >= 15 is 0 Å². The largest absolute Gasteiger partial charge is 0.216 e. The van der Waals surface area contributed by atoms with E-state index in [9.17, 15) is 8.42 Å². The Bertz CT molecular complexity index is 379. The van der Waals surface area contributed by atoms with E-state index in [1.54, 1.807) is 4.31 Å². The second-order valence-electron chi connectivity index (χ2n) is 7.23. The van der Waals surface area contributed by atoms with Gasteiger partial charge in [-0.05, 0) is 43.4 Å². The number of nitrogens with zero attached hydrogens (tertiary/aromatic N) is 1. The Kier molecular flexibility index (Phi) is 4.07. The molecule has 2 rings (SSSR count). The molecular formula is C14H27NO2S. The predicted molar refractivity (Wildman–Crippen MR) is 74.9 cm³/mol. The summed E-state index contributed by atoms with van der Waals surface area (Å²) in [6, 6.07) is 0. The number of hydrogen-bond acceptors (Lipinski definition) is 2. The standard InChI is InChI=1S/C14H27NO2S/c1-14(2,3)10-12-6-5-9-15(11-12)18(16,17)13-7-4-8-13/h12-13H,4-11H2,1-3H3. The van der Waals surface area contributed by atoms with Crippen molar-refractivity contribution in [2.24, 2.45) is 11.3 Å². The third-order valence-corrected chi connectivity index (χ3v) is 6.58. The Morgan fingerprint density at radius 3 is 2.28 bits per heavy atom. The molecule has 0 aromatic rings. The minimum absolute atomic E-state index is 0.0640. The van der Waals surface area contributed by atoms with Crippen LogP contribution in [-0.4, -0.2) is 31.1 Å². The van der Waals surface area contributed by atoms with Crippen LogP contribution >= 0.6 is 0 Å². The summed E-state index contributed by atoms with van der Waals surface area (Å²) >= 11 is 0. The number of hydrogen-bond donors (Lipinski definition) is 0. The summed E-state index contributed by atoms with van der Waals surface area (Å²) in [5, 5.41) is -0.0640. The van der Waals surface area contributed by atoms with Crippen molar-refractivity contribution in [3.05, 3.63) is 0 Å². The van der Waals surface area contributed by atoms with E-state index in [0.29, 0.717) is 11.3 Å². The van der Waals surface area contributed by atoms with Crippen LogP contribution in [0.15, 0.2) is 0 Å². The van der Waals surface area contributed by atoms with Crippen molar-refractivity contribution in [3.63, 3.8) is 0 Å². The summed E-state index contributed by atoms with van der Waals surface area (Å²) in [4.78, 5) is 0. The van der Waals surface area contributed by atoms with Crippen LogP contribution in [0.25, 0.3) is 0 Å². The minimum atomic E-state index is -2.98. The van der Waals surface area contributed by atoms with Crippen molar-refractivity contribution in [1.82, 2.24) is 4.31 Å². The van der Waals surface area contributed by atoms with Gasteiger partial charge >= 0.3 is 0 Å². The maximum Gasteiger partial charge on any atom is 0.216 e. The molecule has 1 unspecified atom stereocenters. The van der Waals surface area contributed by atoms with Gasteiger partial charge < -0.3 is 0 Å². The van der Waals surface area contributed by atoms with Crippen molar-refractivity contribution in [3.8, 4) is 0 Å². The average molecular weight is 273 g/mol. The van der Waals surface area contributed by atoms with Crippen molar-refractivity contribution >= 4 is 10.0 Å². The molecular weight excluding hydrogens is 246 g/mol. The van der Waals surface area contributed by atoms with Crippen LogP contribution < -0.4 is 0 Å². The van der Waals surface area contributed by atoms with Gasteiger partial charge in [-0.2, -0.15) is 0 Å². The first-order valence-corrected chi connectivity index (χ1v) is 8.78. The molecule has 2 fully saturated rings. The Morgan fingerprint density at radius 1 is 1.11 bits per heavy atom. The Hall–Kier alpha value is -0.0900. The molecule has 0 spiro atoms. The first kappa shape index (κ1) is 14.3. The van der Waals surface area contributed by atoms with Gasteiger partial charge in [0, 0.05) is 13.1 Å². The highest BCUT2D eigenvalue weighted by Gasteiger charge is 2.38. The zero-order valence-electron chi connectivity index (χ0n) is 12.0. The number of sulfonamides is 1. The molecule has 1 saturated carbocycles. The Morgan fingerprint density at radius 2 is 1.78 bits per heavy atom. The summed E-state index contributed by atoms with van der Waals surface area (Å²) < 4.78 is 26.6. The smallest absolute Gasteiger partial charge is 0.212 e. The number of rotatable bonds is 3. The van der Waals surface area contributed by atoms with Gasteiger partial charge in [0.1, 0.15) is 0 Å². The first-order chi connectivity index (χ1) is 8.29. The zero-order chi connectivity index (χ0) is 13.4. The molecule has 1 heterocycles. The molecule has 0 aromatic carbocycles. The molecule has 0 radical (unpaired) electrons. The molecule has 2 aliphatic rings. The molecule has 1 aliphatic carbocycles. The molecule has 0 bridgehead atoms. The van der Waals surface area contributed by atoms with Gasteiger partial charge in [0.25, 0.3) is 0 Å². The molecule has 18 heavy (non-hydrogen) atoms. The van der Waals surface area contributed by atoms with E-state index < -0.39 is 10.0 Å². The van der Waals surface area contributed by atoms with Gasteiger partial charge in [-0.25, -0.2) is 12.7 Å². The first-order valence-electron chi connectivity index (χ1n) is 7.28. The molecule has 1 aliphatic heterocycles. The van der Waals surface area contributed by atoms with E-state index in [2.05, 4.69) is 20.8 Å². The van der Waals surface area contributed by atoms with Gasteiger partial charge in [-0.1, -0.05) is 27.2 Å². The fourth-order valence-electron chi connectivity index (χ4n) is 3.17. The van der Waals surface area contributed by atoms with Crippen molar-refractivity contribution in [2.45, 2.75) is 64.5 Å². The molecule has 4 heteroatoms. The minimum Gasteiger partial charge on any atom is -0.212 e. The van der Waals surface area contributed by atoms with Crippen LogP contribution in [0, 0.1) is 11.3 Å². The summed E-state index contributed by atoms with van der Waals surface area (Å²) in [5.74, 6) is 0.550. The zero-order valence-corrected chi connectivity index (χ0v) is 12.8. The molecule has 1 saturated heterocycles. The average Bonchev–Trinajstić information content (AvgIpc) is 2.11. The van der Waals surface area contributed by atoms with E-state index in [-0.39, 0.29) is 5.25 Å². The van der Waals surface area contributed by atoms with Crippen molar-refractivity contribution < 1.29 is 8.42 Å². The molecule has 106 valence electrons. The van der Waals surface area contributed by atoms with E-state index in [1.807, 2.05) is 0 Å². The maximum absolute atomic E-state index is 12.4. The summed E-state index contributed by atoms with van der Waals surface area (Å²) in [7, 11) is -2.98. The summed E-state index contributed by atoms with van der Waals surface area (Å²) in [6.07, 6.45) is 6.19. The second kappa shape index (κ2) is 5.12. The molecule has 1 atom stereocenters. The van der Waals surface area contributed by atoms with E-state index in [0.717, 1.165) is 45.2 Å². The highest BCUT2D eigenvalue weighted by Crippen LogP contribution is 2.34. The van der Waals surface area contributed by atoms with Gasteiger partial charge in [0.05, 0.1) is 5.25 Å². The second-order valence-corrected chi connectivity index (χ2v) is 9.44. The molecule has 0 amide bonds. The summed E-state index contributed by atoms with van der Waals surface area (Å²) in [5.41, 5.74) is 0.300. The topological polar surface area (TPSA) is 37.4 Å². The Balaban J connectivity index is 1.98. The maximum atomic E-state index is 12.4. The van der Waals surface area contributed by atoms with Crippen LogP contribution in [0.4, 0.5) is 0 Å². The fraction of sp³-hybridized carbons (Fsp3) is 1.00. The monoisotopic (exact) mass is 273 g/mol. The predicted octanol–water partition coefficient (Wildman–Crippen LogP) is 3.02. The van der Waals surface area contributed by atoms with Crippen LogP contribution in [0.2, 0.25) is 0 Å². The third kappa shape index (κ3) is 3.27.